The molecule has 0 radical (unpaired) electrons. The second-order valence-corrected chi connectivity index (χ2v) is 4.69. The van der Waals surface area contributed by atoms with Crippen LogP contribution in [0.15, 0.2) is 0 Å². The molecule has 2 rings (SSSR count). The van der Waals surface area contributed by atoms with Crippen LogP contribution in [0.1, 0.15) is 32.1 Å². The molecule has 0 unspecified atom stereocenters. The summed E-state index contributed by atoms with van der Waals surface area (Å²) in [6.45, 7) is 3.77. The van der Waals surface area contributed by atoms with Crippen molar-refractivity contribution in [2.75, 3.05) is 26.7 Å². The minimum atomic E-state index is 0.861. The molecule has 0 aromatic carbocycles. The van der Waals surface area contributed by atoms with Crippen molar-refractivity contribution in [2.45, 2.75) is 38.1 Å². The van der Waals surface area contributed by atoms with E-state index in [2.05, 4.69) is 17.3 Å². The van der Waals surface area contributed by atoms with Gasteiger partial charge < -0.3 is 10.2 Å². The lowest BCUT2D eigenvalue weighted by Crippen LogP contribution is -2.41. The summed E-state index contributed by atoms with van der Waals surface area (Å²) in [5.74, 6) is 1.09. The molecular formula is C11H22N2. The van der Waals surface area contributed by atoms with Gasteiger partial charge in [-0.2, -0.15) is 0 Å². The van der Waals surface area contributed by atoms with Gasteiger partial charge in [0.05, 0.1) is 0 Å². The Morgan fingerprint density at radius 1 is 1.15 bits per heavy atom. The molecule has 2 heteroatoms. The van der Waals surface area contributed by atoms with Gasteiger partial charge >= 0.3 is 0 Å². The Kier molecular flexibility index (Phi) is 3.23. The first kappa shape index (κ1) is 9.47. The molecule has 2 nitrogen and oxygen atoms in total. The van der Waals surface area contributed by atoms with Crippen molar-refractivity contribution in [1.29, 1.82) is 0 Å². The predicted molar refractivity (Wildman–Crippen MR) is 55.9 cm³/mol. The summed E-state index contributed by atoms with van der Waals surface area (Å²) in [6, 6.07) is 0.861. The molecule has 0 atom stereocenters. The Balaban J connectivity index is 1.64. The molecule has 0 spiro atoms. The van der Waals surface area contributed by atoms with Gasteiger partial charge in [0.2, 0.25) is 0 Å². The highest BCUT2D eigenvalue weighted by Gasteiger charge is 2.23. The second-order valence-electron chi connectivity index (χ2n) is 4.69. The van der Waals surface area contributed by atoms with Gasteiger partial charge in [0, 0.05) is 6.04 Å². The molecule has 1 aliphatic carbocycles. The molecule has 1 saturated carbocycles. The lowest BCUT2D eigenvalue weighted by Gasteiger charge is -2.31. The van der Waals surface area contributed by atoms with Crippen molar-refractivity contribution >= 4 is 0 Å². The molecule has 0 bridgehead atoms. The lowest BCUT2D eigenvalue weighted by atomic mass is 10.1. The van der Waals surface area contributed by atoms with Crippen molar-refractivity contribution in [1.82, 2.24) is 10.2 Å². The highest BCUT2D eigenvalue weighted by molar-refractivity contribution is 4.79. The van der Waals surface area contributed by atoms with E-state index in [4.69, 9.17) is 0 Å². The molecule has 2 fully saturated rings. The Morgan fingerprint density at radius 3 is 2.46 bits per heavy atom. The van der Waals surface area contributed by atoms with E-state index in [0.717, 1.165) is 12.0 Å². The Morgan fingerprint density at radius 2 is 1.85 bits per heavy atom. The first-order valence-corrected chi connectivity index (χ1v) is 5.77. The van der Waals surface area contributed by atoms with Crippen molar-refractivity contribution in [3.05, 3.63) is 0 Å². The van der Waals surface area contributed by atoms with Crippen LogP contribution in [-0.4, -0.2) is 37.6 Å². The Hall–Kier alpha value is -0.0800. The normalized spacial score (nSPS) is 25.4. The molecule has 0 aromatic heterocycles. The summed E-state index contributed by atoms with van der Waals surface area (Å²) in [5, 5.41) is 3.42. The highest BCUT2D eigenvalue weighted by atomic mass is 15.1. The summed E-state index contributed by atoms with van der Waals surface area (Å²) in [4.78, 5) is 2.58. The van der Waals surface area contributed by atoms with Crippen LogP contribution in [-0.2, 0) is 0 Å². The van der Waals surface area contributed by atoms with Crippen molar-refractivity contribution in [3.63, 3.8) is 0 Å². The Bertz CT molecular complexity index is 148. The minimum Gasteiger partial charge on any atom is -0.317 e. The first-order chi connectivity index (χ1) is 6.36. The number of nitrogens with one attached hydrogen (secondary N) is 1. The zero-order chi connectivity index (χ0) is 9.10. The number of hydrogen-bond acceptors (Lipinski definition) is 2. The van der Waals surface area contributed by atoms with Crippen LogP contribution in [0.3, 0.4) is 0 Å². The monoisotopic (exact) mass is 182 g/mol. The number of piperidine rings is 1. The van der Waals surface area contributed by atoms with Gasteiger partial charge in [0.1, 0.15) is 0 Å². The van der Waals surface area contributed by atoms with E-state index in [9.17, 15) is 0 Å². The standard InChI is InChI=1S/C11H22N2/c1-13(9-6-10-2-3-10)11-4-7-12-8-5-11/h10-12H,2-9H2,1H3. The van der Waals surface area contributed by atoms with E-state index in [0.29, 0.717) is 0 Å². The maximum Gasteiger partial charge on any atom is 0.0116 e. The summed E-state index contributed by atoms with van der Waals surface area (Å²) in [7, 11) is 2.30. The molecule has 76 valence electrons. The maximum absolute atomic E-state index is 3.42. The zero-order valence-electron chi connectivity index (χ0n) is 8.76. The van der Waals surface area contributed by atoms with Crippen LogP contribution < -0.4 is 5.32 Å². The molecule has 2 aliphatic rings. The largest absolute Gasteiger partial charge is 0.317 e. The fourth-order valence-corrected chi connectivity index (χ4v) is 2.22. The third-order valence-electron chi connectivity index (χ3n) is 3.52. The van der Waals surface area contributed by atoms with Crippen LogP contribution in [0.5, 0.6) is 0 Å². The van der Waals surface area contributed by atoms with Gasteiger partial charge in [0.15, 0.2) is 0 Å². The van der Waals surface area contributed by atoms with E-state index in [-0.39, 0.29) is 0 Å². The molecule has 13 heavy (non-hydrogen) atoms. The van der Waals surface area contributed by atoms with Gasteiger partial charge in [0.25, 0.3) is 0 Å². The molecule has 1 aliphatic heterocycles. The summed E-state index contributed by atoms with van der Waals surface area (Å²) < 4.78 is 0. The van der Waals surface area contributed by atoms with Crippen LogP contribution in [0.25, 0.3) is 0 Å². The molecule has 0 amide bonds. The van der Waals surface area contributed by atoms with E-state index in [1.807, 2.05) is 0 Å². The van der Waals surface area contributed by atoms with E-state index < -0.39 is 0 Å². The van der Waals surface area contributed by atoms with Crippen LogP contribution in [0.2, 0.25) is 0 Å². The third-order valence-corrected chi connectivity index (χ3v) is 3.52. The average Bonchev–Trinajstić information content (AvgIpc) is 2.99. The first-order valence-electron chi connectivity index (χ1n) is 5.77. The lowest BCUT2D eigenvalue weighted by molar-refractivity contribution is 0.194. The van der Waals surface area contributed by atoms with E-state index in [1.165, 1.54) is 51.7 Å². The highest BCUT2D eigenvalue weighted by Crippen LogP contribution is 2.32. The second kappa shape index (κ2) is 4.43. The summed E-state index contributed by atoms with van der Waals surface area (Å²) in [6.07, 6.45) is 7.14. The predicted octanol–water partition coefficient (Wildman–Crippen LogP) is 1.47. The van der Waals surface area contributed by atoms with Gasteiger partial charge in [-0.15, -0.1) is 0 Å². The smallest absolute Gasteiger partial charge is 0.0116 e. The van der Waals surface area contributed by atoms with Crippen molar-refractivity contribution in [3.8, 4) is 0 Å². The SMILES string of the molecule is CN(CCC1CC1)C1CCNCC1. The molecular weight excluding hydrogens is 160 g/mol. The molecule has 1 heterocycles. The zero-order valence-corrected chi connectivity index (χ0v) is 8.76. The van der Waals surface area contributed by atoms with Crippen LogP contribution in [0, 0.1) is 5.92 Å². The van der Waals surface area contributed by atoms with Crippen molar-refractivity contribution in [2.24, 2.45) is 5.92 Å². The number of hydrogen-bond donors (Lipinski definition) is 1. The van der Waals surface area contributed by atoms with E-state index >= 15 is 0 Å². The van der Waals surface area contributed by atoms with Gasteiger partial charge in [-0.05, 0) is 51.9 Å². The summed E-state index contributed by atoms with van der Waals surface area (Å²) in [5.41, 5.74) is 0. The average molecular weight is 182 g/mol. The van der Waals surface area contributed by atoms with Gasteiger partial charge in [-0.1, -0.05) is 12.8 Å². The quantitative estimate of drug-likeness (QED) is 0.708. The molecule has 1 N–H and O–H groups in total. The van der Waals surface area contributed by atoms with E-state index in [1.54, 1.807) is 0 Å². The molecule has 0 aromatic rings. The van der Waals surface area contributed by atoms with Gasteiger partial charge in [-0.3, -0.25) is 0 Å². The minimum absolute atomic E-state index is 0.861. The van der Waals surface area contributed by atoms with Gasteiger partial charge in [-0.25, -0.2) is 0 Å². The van der Waals surface area contributed by atoms with Crippen LogP contribution in [0.4, 0.5) is 0 Å². The van der Waals surface area contributed by atoms with Crippen LogP contribution >= 0.6 is 0 Å². The third kappa shape index (κ3) is 2.96. The van der Waals surface area contributed by atoms with Crippen molar-refractivity contribution < 1.29 is 0 Å². The summed E-state index contributed by atoms with van der Waals surface area (Å²) >= 11 is 0. The molecule has 1 saturated heterocycles. The fraction of sp³-hybridized carbons (Fsp3) is 1.00. The number of nitrogens with zero attached hydrogens (tertiary/aromatic N) is 1. The maximum atomic E-state index is 3.42. The topological polar surface area (TPSA) is 15.3 Å². The Labute approximate surface area is 81.7 Å². The number of rotatable bonds is 4. The fourth-order valence-electron chi connectivity index (χ4n) is 2.22.